The van der Waals surface area contributed by atoms with Gasteiger partial charge in [-0.05, 0) is 36.1 Å². The zero-order chi connectivity index (χ0) is 21.6. The summed E-state index contributed by atoms with van der Waals surface area (Å²) in [6.07, 6.45) is 0. The summed E-state index contributed by atoms with van der Waals surface area (Å²) in [5.41, 5.74) is 1.82. The highest BCUT2D eigenvalue weighted by atomic mass is 35.5. The second kappa shape index (κ2) is 9.74. The molecule has 2 rings (SSSR count). The van der Waals surface area contributed by atoms with Crippen molar-refractivity contribution >= 4 is 23.4 Å². The van der Waals surface area contributed by atoms with Crippen LogP contribution in [0.25, 0.3) is 0 Å². The molecule has 0 aliphatic rings. The van der Waals surface area contributed by atoms with Crippen molar-refractivity contribution in [3.63, 3.8) is 0 Å². The number of amides is 2. The van der Waals surface area contributed by atoms with Crippen LogP contribution in [0.1, 0.15) is 42.3 Å². The van der Waals surface area contributed by atoms with E-state index in [2.05, 4.69) is 37.5 Å². The van der Waals surface area contributed by atoms with Gasteiger partial charge in [-0.15, -0.1) is 0 Å². The molecule has 0 atom stereocenters. The molecule has 2 amide bonds. The van der Waals surface area contributed by atoms with E-state index in [1.807, 2.05) is 19.1 Å². The predicted octanol–water partition coefficient (Wildman–Crippen LogP) is 4.01. The first kappa shape index (κ1) is 22.7. The Morgan fingerprint density at radius 3 is 2.45 bits per heavy atom. The molecule has 0 unspecified atom stereocenters. The number of halogens is 2. The fraction of sp³-hybridized carbons (Fsp3) is 0.364. The number of benzene rings is 2. The van der Waals surface area contributed by atoms with Crippen LogP contribution in [0.2, 0.25) is 5.02 Å². The topological polar surface area (TPSA) is 67.4 Å². The first-order valence-corrected chi connectivity index (χ1v) is 9.70. The summed E-state index contributed by atoms with van der Waals surface area (Å²) in [6.45, 7) is 8.43. The second-order valence-corrected chi connectivity index (χ2v) is 8.15. The quantitative estimate of drug-likeness (QED) is 0.665. The summed E-state index contributed by atoms with van der Waals surface area (Å²) in [7, 11) is 0. The highest BCUT2D eigenvalue weighted by Gasteiger charge is 2.20. The predicted molar refractivity (Wildman–Crippen MR) is 112 cm³/mol. The molecule has 0 aliphatic carbocycles. The van der Waals surface area contributed by atoms with Crippen LogP contribution in [0.4, 0.5) is 4.39 Å². The molecule has 2 aromatic carbocycles. The minimum Gasteiger partial charge on any atom is -0.483 e. The number of carbonyl (C=O) groups is 2. The van der Waals surface area contributed by atoms with Gasteiger partial charge in [0, 0.05) is 13.1 Å². The molecule has 2 aromatic rings. The number of ether oxygens (including phenoxy) is 1. The average Bonchev–Trinajstić information content (AvgIpc) is 2.63. The van der Waals surface area contributed by atoms with Crippen LogP contribution in [0, 0.1) is 12.7 Å². The number of rotatable bonds is 7. The van der Waals surface area contributed by atoms with Crippen molar-refractivity contribution in [1.82, 2.24) is 10.6 Å². The molecule has 0 aromatic heterocycles. The molecule has 2 N–H and O–H groups in total. The van der Waals surface area contributed by atoms with E-state index >= 15 is 0 Å². The lowest BCUT2D eigenvalue weighted by molar-refractivity contribution is -0.123. The van der Waals surface area contributed by atoms with Gasteiger partial charge in [-0.2, -0.15) is 0 Å². The highest BCUT2D eigenvalue weighted by molar-refractivity contribution is 6.33. The molecule has 0 radical (unpaired) electrons. The number of hydrogen-bond donors (Lipinski definition) is 2. The van der Waals surface area contributed by atoms with Crippen molar-refractivity contribution in [3.8, 4) is 5.75 Å². The van der Waals surface area contributed by atoms with Crippen LogP contribution < -0.4 is 15.4 Å². The minimum absolute atomic E-state index is 0.0349. The fourth-order valence-corrected chi connectivity index (χ4v) is 2.98. The maximum atomic E-state index is 13.7. The lowest BCUT2D eigenvalue weighted by atomic mass is 9.85. The Balaban J connectivity index is 1.81. The van der Waals surface area contributed by atoms with Crippen LogP contribution in [0.15, 0.2) is 36.4 Å². The van der Waals surface area contributed by atoms with E-state index in [4.69, 9.17) is 16.3 Å². The molecule has 0 aliphatic heterocycles. The number of hydrogen-bond acceptors (Lipinski definition) is 3. The van der Waals surface area contributed by atoms with Crippen LogP contribution >= 0.6 is 11.6 Å². The van der Waals surface area contributed by atoms with E-state index in [9.17, 15) is 14.0 Å². The highest BCUT2D eigenvalue weighted by Crippen LogP contribution is 2.32. The summed E-state index contributed by atoms with van der Waals surface area (Å²) >= 11 is 5.85. The molecule has 0 saturated carbocycles. The summed E-state index contributed by atoms with van der Waals surface area (Å²) in [4.78, 5) is 24.1. The molecule has 156 valence electrons. The Bertz CT molecular complexity index is 874. The van der Waals surface area contributed by atoms with Crippen LogP contribution in [-0.4, -0.2) is 31.5 Å². The summed E-state index contributed by atoms with van der Waals surface area (Å²) in [5, 5.41) is 5.21. The smallest absolute Gasteiger partial charge is 0.258 e. The Morgan fingerprint density at radius 2 is 1.79 bits per heavy atom. The fourth-order valence-electron chi connectivity index (χ4n) is 2.73. The van der Waals surface area contributed by atoms with E-state index in [1.54, 1.807) is 0 Å². The van der Waals surface area contributed by atoms with Crippen molar-refractivity contribution in [2.24, 2.45) is 0 Å². The van der Waals surface area contributed by atoms with Crippen LogP contribution in [-0.2, 0) is 10.2 Å². The maximum Gasteiger partial charge on any atom is 0.258 e. The molecule has 0 saturated heterocycles. The molecule has 0 fully saturated rings. The van der Waals surface area contributed by atoms with Crippen molar-refractivity contribution in [1.29, 1.82) is 0 Å². The number of nitrogens with one attached hydrogen (secondary N) is 2. The third-order valence-corrected chi connectivity index (χ3v) is 4.54. The van der Waals surface area contributed by atoms with Gasteiger partial charge in [0.2, 0.25) is 0 Å². The Hall–Kier alpha value is -2.60. The SMILES string of the molecule is Cc1ccc(OCC(=O)NCCNC(=O)c2c(F)cccc2Cl)c(C(C)(C)C)c1. The lowest BCUT2D eigenvalue weighted by Gasteiger charge is -2.23. The summed E-state index contributed by atoms with van der Waals surface area (Å²) in [5.74, 6) is -0.974. The normalized spacial score (nSPS) is 11.1. The Kier molecular flexibility index (Phi) is 7.62. The Labute approximate surface area is 175 Å². The standard InChI is InChI=1S/C22H26ClFN2O3/c1-14-8-9-18(15(12-14)22(2,3)4)29-13-19(27)25-10-11-26-21(28)20-16(23)6-5-7-17(20)24/h5-9,12H,10-11,13H2,1-4H3,(H,25,27)(H,26,28). The van der Waals surface area contributed by atoms with Gasteiger partial charge in [0.05, 0.1) is 10.6 Å². The first-order valence-electron chi connectivity index (χ1n) is 9.32. The molecule has 29 heavy (non-hydrogen) atoms. The van der Waals surface area contributed by atoms with Gasteiger partial charge in [0.15, 0.2) is 6.61 Å². The van der Waals surface area contributed by atoms with Crippen LogP contribution in [0.5, 0.6) is 5.75 Å². The van der Waals surface area contributed by atoms with Crippen molar-refractivity contribution in [2.75, 3.05) is 19.7 Å². The van der Waals surface area contributed by atoms with E-state index in [1.165, 1.54) is 12.1 Å². The first-order chi connectivity index (χ1) is 13.6. The van der Waals surface area contributed by atoms with Gasteiger partial charge in [0.25, 0.3) is 11.8 Å². The average molecular weight is 421 g/mol. The summed E-state index contributed by atoms with van der Waals surface area (Å²) < 4.78 is 19.4. The van der Waals surface area contributed by atoms with Gasteiger partial charge in [0.1, 0.15) is 11.6 Å². The van der Waals surface area contributed by atoms with E-state index in [0.717, 1.165) is 17.2 Å². The van der Waals surface area contributed by atoms with E-state index in [0.29, 0.717) is 5.75 Å². The lowest BCUT2D eigenvalue weighted by Crippen LogP contribution is -2.37. The van der Waals surface area contributed by atoms with Crippen LogP contribution in [0.3, 0.4) is 0 Å². The molecule has 7 heteroatoms. The zero-order valence-electron chi connectivity index (χ0n) is 17.1. The van der Waals surface area contributed by atoms with Crippen molar-refractivity contribution in [2.45, 2.75) is 33.1 Å². The Morgan fingerprint density at radius 1 is 1.10 bits per heavy atom. The zero-order valence-corrected chi connectivity index (χ0v) is 17.8. The number of carbonyl (C=O) groups excluding carboxylic acids is 2. The van der Waals surface area contributed by atoms with Gasteiger partial charge in [-0.3, -0.25) is 9.59 Å². The third-order valence-electron chi connectivity index (χ3n) is 4.22. The third kappa shape index (κ3) is 6.46. The molecular formula is C22H26ClFN2O3. The molecule has 5 nitrogen and oxygen atoms in total. The van der Waals surface area contributed by atoms with Gasteiger partial charge in [-0.1, -0.05) is 56.1 Å². The second-order valence-electron chi connectivity index (χ2n) is 7.74. The van der Waals surface area contributed by atoms with Crippen molar-refractivity contribution in [3.05, 3.63) is 63.9 Å². The number of aryl methyl sites for hydroxylation is 1. The monoisotopic (exact) mass is 420 g/mol. The van der Waals surface area contributed by atoms with E-state index < -0.39 is 11.7 Å². The molecule has 0 spiro atoms. The summed E-state index contributed by atoms with van der Waals surface area (Å²) in [6, 6.07) is 9.88. The molecular weight excluding hydrogens is 395 g/mol. The van der Waals surface area contributed by atoms with Gasteiger partial charge < -0.3 is 15.4 Å². The maximum absolute atomic E-state index is 13.7. The van der Waals surface area contributed by atoms with Gasteiger partial charge >= 0.3 is 0 Å². The minimum atomic E-state index is -0.694. The van der Waals surface area contributed by atoms with Crippen molar-refractivity contribution < 1.29 is 18.7 Å². The molecule has 0 bridgehead atoms. The largest absolute Gasteiger partial charge is 0.483 e. The van der Waals surface area contributed by atoms with Gasteiger partial charge in [-0.25, -0.2) is 4.39 Å². The van der Waals surface area contributed by atoms with E-state index in [-0.39, 0.29) is 41.6 Å². The molecule has 0 heterocycles.